The molecule has 0 aromatic carbocycles. The van der Waals surface area contributed by atoms with Crippen LogP contribution in [0.2, 0.25) is 0 Å². The molecule has 454 valence electrons. The number of nitrogens with two attached hydrogens (primary N) is 2. The lowest BCUT2D eigenvalue weighted by Crippen LogP contribution is -2.33. The fourth-order valence-electron chi connectivity index (χ4n) is 7.35. The number of nitrogens with one attached hydrogen (secondary N) is 1. The van der Waals surface area contributed by atoms with Gasteiger partial charge in [0.05, 0.1) is 42.3 Å². The van der Waals surface area contributed by atoms with Crippen LogP contribution in [0.15, 0.2) is 21.4 Å². The molecule has 11 atom stereocenters. The number of thioether (sulfide) groups is 2. The summed E-state index contributed by atoms with van der Waals surface area (Å²) < 4.78 is 160. The Kier molecular flexibility index (Phi) is 21.8. The quantitative estimate of drug-likeness (QED) is 0.0157. The number of aromatic nitrogens is 8. The average Bonchev–Trinajstić information content (AvgIpc) is 4.08. The van der Waals surface area contributed by atoms with Crippen molar-refractivity contribution in [1.29, 1.82) is 0 Å². The van der Waals surface area contributed by atoms with Crippen LogP contribution in [0.1, 0.15) is 44.6 Å². The largest absolute Gasteiger partial charge is 0.490 e. The fourth-order valence-corrected chi connectivity index (χ4v) is 19.1. The van der Waals surface area contributed by atoms with Crippen LogP contribution in [0.5, 0.6) is 0 Å². The summed E-state index contributed by atoms with van der Waals surface area (Å²) in [5.74, 6) is -2.31. The molecule has 80 heavy (non-hydrogen) atoms. The maximum Gasteiger partial charge on any atom is 0.490 e. The number of phosphoric ester groups is 2. The standard InChI is InChI=1S/C30H50N10O30P6S4/c31-23-19-24(34-14-33-23)40(27-22(43)21(42)17(66-27)13-64-74(53,54)70-76(57,58)68-72(48,49)50)30(35-19)78-6-10-80(61,62)8-4-2-1-3-7-79(59,60)9-5-77-29-36-20-25(37-28(32)38-26(20)44)39(29)18-11-15(41)16(65-18)12-63-73(51,52)69-75(55,56)67-71(45,46)47/h14-18,21-22,27,41-43H,1-13H2,(H,51,52)(H,53,54)(H,55,56)(H,57,58)(H2,31,33,34)(H2,45,46,47)(H2,48,49,50)(H3,32,37,38,44)/t15-,16+,17+,18+,21+,22+,27+/m0/s1. The van der Waals surface area contributed by atoms with Crippen molar-refractivity contribution in [3.8, 4) is 0 Å². The van der Waals surface area contributed by atoms with E-state index in [1.807, 2.05) is 0 Å². The number of ether oxygens (including phenoxy) is 2. The van der Waals surface area contributed by atoms with E-state index in [0.29, 0.717) is 12.8 Å². The summed E-state index contributed by atoms with van der Waals surface area (Å²) in [4.78, 5) is 109. The molecule has 4 aromatic heterocycles. The molecule has 0 spiro atoms. The van der Waals surface area contributed by atoms with Gasteiger partial charge in [0.25, 0.3) is 5.56 Å². The van der Waals surface area contributed by atoms with Gasteiger partial charge in [0.1, 0.15) is 37.0 Å². The minimum absolute atomic E-state index is 0.0427. The molecule has 2 aliphatic heterocycles. The van der Waals surface area contributed by atoms with E-state index in [-0.39, 0.29) is 86.7 Å². The smallest absolute Gasteiger partial charge is 0.390 e. The Balaban J connectivity index is 0.971. The van der Waals surface area contributed by atoms with E-state index in [1.54, 1.807) is 0 Å². The topological polar surface area (TPSA) is 626 Å². The van der Waals surface area contributed by atoms with Gasteiger partial charge in [-0.05, 0) is 12.8 Å². The van der Waals surface area contributed by atoms with Crippen molar-refractivity contribution >= 4 is 124 Å². The van der Waals surface area contributed by atoms with Crippen molar-refractivity contribution in [3.05, 3.63) is 16.7 Å². The highest BCUT2D eigenvalue weighted by atomic mass is 32.2. The monoisotopic (exact) mass is 1340 g/mol. The van der Waals surface area contributed by atoms with Gasteiger partial charge in [-0.15, -0.1) is 0 Å². The number of unbranched alkanes of at least 4 members (excludes halogenated alkanes) is 3. The summed E-state index contributed by atoms with van der Waals surface area (Å²) in [5, 5.41) is 32.3. The molecule has 2 saturated heterocycles. The Morgan fingerprint density at radius 1 is 0.625 bits per heavy atom. The van der Waals surface area contributed by atoms with Crippen LogP contribution in [0.25, 0.3) is 22.3 Å². The van der Waals surface area contributed by atoms with E-state index >= 15 is 0 Å². The normalized spacial score (nSPS) is 24.5. The van der Waals surface area contributed by atoms with E-state index in [2.05, 4.69) is 56.2 Å². The van der Waals surface area contributed by atoms with Crippen molar-refractivity contribution in [2.24, 2.45) is 0 Å². The zero-order chi connectivity index (χ0) is 59.6. The van der Waals surface area contributed by atoms with Gasteiger partial charge in [-0.2, -0.15) is 22.2 Å². The molecular formula is C30H50N10O30P6S4. The lowest BCUT2D eigenvalue weighted by Gasteiger charge is -2.20. The Bertz CT molecular complexity index is 3490. The third-order valence-electron chi connectivity index (χ3n) is 10.6. The predicted octanol–water partition coefficient (Wildman–Crippen LogP) is -1.35. The number of aromatic amines is 1. The fraction of sp³-hybridized carbons (Fsp3) is 0.667. The molecule has 50 heteroatoms. The number of nitrogen functional groups attached to an aromatic ring is 2. The molecule has 6 rings (SSSR count). The molecule has 0 amide bonds. The molecule has 6 heterocycles. The number of aliphatic hydroxyl groups is 3. The highest BCUT2D eigenvalue weighted by Crippen LogP contribution is 2.67. The number of sulfone groups is 2. The SMILES string of the molecule is Nc1nc2c(nc(SCCS(=O)(=O)CCCCCCS(=O)(=O)CCSc3nc4c(N)ncnc4n3[C@@H]3O[C@H](COP(=O)(O)OP(=O)(O)OP(=O)(O)O)[C@@H](O)[C@H]3O)n2[C@H]2C[C@H](O)[C@@H](COP(=O)(O)OP(=O)(O)OP(=O)(O)O)O2)c(=O)[nH]1. The third kappa shape index (κ3) is 19.1. The molecule has 2 fully saturated rings. The van der Waals surface area contributed by atoms with E-state index in [1.165, 1.54) is 4.57 Å². The zero-order valence-corrected chi connectivity index (χ0v) is 48.7. The van der Waals surface area contributed by atoms with Gasteiger partial charge in [-0.25, -0.2) is 64.2 Å². The first-order chi connectivity index (χ1) is 36.7. The molecule has 0 radical (unpaired) electrons. The lowest BCUT2D eigenvalue weighted by molar-refractivity contribution is -0.0540. The van der Waals surface area contributed by atoms with Gasteiger partial charge in [0, 0.05) is 17.9 Å². The second-order valence-corrected chi connectivity index (χ2v) is 32.3. The number of H-pyrrole nitrogens is 1. The molecule has 40 nitrogen and oxygen atoms in total. The Morgan fingerprint density at radius 3 is 1.65 bits per heavy atom. The summed E-state index contributed by atoms with van der Waals surface area (Å²) >= 11 is 1.66. The van der Waals surface area contributed by atoms with Gasteiger partial charge < -0.3 is 75.4 Å². The van der Waals surface area contributed by atoms with Crippen LogP contribution in [-0.2, 0) is 82.8 Å². The van der Waals surface area contributed by atoms with E-state index in [4.69, 9.17) is 40.5 Å². The number of hydrogen-bond donors (Lipinski definition) is 14. The number of anilines is 2. The maximum atomic E-state index is 13.1. The third-order valence-corrected chi connectivity index (χ3v) is 24.1. The summed E-state index contributed by atoms with van der Waals surface area (Å²) in [5.41, 5.74) is 10.3. The minimum atomic E-state index is -5.89. The van der Waals surface area contributed by atoms with Crippen molar-refractivity contribution in [1.82, 2.24) is 39.0 Å². The second-order valence-electron chi connectivity index (χ2n) is 16.8. The molecule has 0 saturated carbocycles. The lowest BCUT2D eigenvalue weighted by atomic mass is 10.1. The van der Waals surface area contributed by atoms with Gasteiger partial charge in [0.2, 0.25) is 5.95 Å². The first kappa shape index (κ1) is 66.9. The Hall–Kier alpha value is -2.28. The molecule has 0 aliphatic carbocycles. The Labute approximate surface area is 457 Å². The van der Waals surface area contributed by atoms with E-state index in [0.717, 1.165) is 34.4 Å². The first-order valence-electron chi connectivity index (χ1n) is 22.1. The predicted molar refractivity (Wildman–Crippen MR) is 270 cm³/mol. The van der Waals surface area contributed by atoms with Crippen molar-refractivity contribution < 1.29 is 134 Å². The van der Waals surface area contributed by atoms with E-state index in [9.17, 15) is 83.9 Å². The van der Waals surface area contributed by atoms with Crippen LogP contribution >= 0.6 is 70.5 Å². The van der Waals surface area contributed by atoms with Crippen LogP contribution in [-0.4, -0.2) is 189 Å². The van der Waals surface area contributed by atoms with Crippen LogP contribution in [0.4, 0.5) is 11.8 Å². The number of rotatable bonds is 31. The second kappa shape index (κ2) is 26.1. The molecule has 4 unspecified atom stereocenters. The molecule has 2 aliphatic rings. The van der Waals surface area contributed by atoms with Crippen LogP contribution in [0.3, 0.4) is 0 Å². The van der Waals surface area contributed by atoms with Gasteiger partial charge in [-0.1, -0.05) is 36.4 Å². The van der Waals surface area contributed by atoms with Crippen molar-refractivity contribution in [3.63, 3.8) is 0 Å². The van der Waals surface area contributed by atoms with Gasteiger partial charge in [0.15, 0.2) is 64.4 Å². The number of fused-ring (bicyclic) bond motifs is 2. The van der Waals surface area contributed by atoms with Crippen molar-refractivity contribution in [2.75, 3.05) is 59.2 Å². The number of nitrogens with zero attached hydrogens (tertiary/aromatic N) is 7. The zero-order valence-electron chi connectivity index (χ0n) is 40.1. The Morgan fingerprint density at radius 2 is 1.12 bits per heavy atom. The summed E-state index contributed by atoms with van der Waals surface area (Å²) in [6.45, 7) is -2.17. The highest BCUT2D eigenvalue weighted by Gasteiger charge is 2.48. The maximum absolute atomic E-state index is 13.1. The molecule has 4 aromatic rings. The summed E-state index contributed by atoms with van der Waals surface area (Å²) in [7, 11) is -42.0. The minimum Gasteiger partial charge on any atom is -0.390 e. The van der Waals surface area contributed by atoms with Crippen LogP contribution in [0, 0.1) is 0 Å². The number of imidazole rings is 2. The highest BCUT2D eigenvalue weighted by molar-refractivity contribution is 8.01. The summed E-state index contributed by atoms with van der Waals surface area (Å²) in [6, 6.07) is 0. The van der Waals surface area contributed by atoms with Gasteiger partial charge >= 0.3 is 46.9 Å². The molecule has 16 N–H and O–H groups in total. The van der Waals surface area contributed by atoms with Gasteiger partial charge in [-0.3, -0.25) is 28.0 Å². The number of phosphoric acid groups is 6. The molecule has 0 bridgehead atoms. The average molecular weight is 1340 g/mol. The van der Waals surface area contributed by atoms with E-state index < -0.39 is 140 Å². The van der Waals surface area contributed by atoms with Crippen molar-refractivity contribution in [2.45, 2.75) is 85.4 Å². The van der Waals surface area contributed by atoms with Crippen LogP contribution < -0.4 is 17.0 Å². The number of aliphatic hydroxyl groups excluding tert-OH is 3. The first-order valence-corrected chi connectivity index (χ1v) is 36.7. The number of hydrogen-bond acceptors (Lipinski definition) is 31. The molecular weight excluding hydrogens is 1290 g/mol. The summed E-state index contributed by atoms with van der Waals surface area (Å²) in [6.07, 6.45) is -9.87.